The van der Waals surface area contributed by atoms with Gasteiger partial charge in [-0.25, -0.2) is 4.98 Å². The predicted molar refractivity (Wildman–Crippen MR) is 71.8 cm³/mol. The van der Waals surface area contributed by atoms with Crippen LogP contribution in [-0.2, 0) is 16.1 Å². The highest BCUT2D eigenvalue weighted by Gasteiger charge is 2.30. The molecule has 2 atom stereocenters. The Hall–Kier alpha value is -1.43. The fourth-order valence-corrected chi connectivity index (χ4v) is 3.17. The normalized spacial score (nSPS) is 23.0. The van der Waals surface area contributed by atoms with Gasteiger partial charge in [-0.2, -0.15) is 0 Å². The van der Waals surface area contributed by atoms with Crippen molar-refractivity contribution < 1.29 is 14.7 Å². The van der Waals surface area contributed by atoms with E-state index >= 15 is 0 Å². The number of aromatic nitrogens is 1. The number of aliphatic carboxylic acids is 1. The largest absolute Gasteiger partial charge is 0.481 e. The van der Waals surface area contributed by atoms with Crippen LogP contribution in [0.5, 0.6) is 0 Å². The second-order valence-corrected chi connectivity index (χ2v) is 6.30. The summed E-state index contributed by atoms with van der Waals surface area (Å²) in [6.45, 7) is 2.41. The molecule has 2 rings (SSSR count). The Labute approximate surface area is 116 Å². The van der Waals surface area contributed by atoms with E-state index in [1.807, 2.05) is 6.92 Å². The molecule has 1 aromatic rings. The van der Waals surface area contributed by atoms with Gasteiger partial charge in [0.05, 0.1) is 12.5 Å². The van der Waals surface area contributed by atoms with Crippen LogP contribution in [0.2, 0.25) is 0 Å². The lowest BCUT2D eigenvalue weighted by molar-refractivity contribution is -0.144. The van der Waals surface area contributed by atoms with E-state index in [0.29, 0.717) is 19.4 Å². The third-order valence-corrected chi connectivity index (χ3v) is 4.39. The minimum absolute atomic E-state index is 0.0428. The summed E-state index contributed by atoms with van der Waals surface area (Å²) in [5, 5.41) is 12.8. The molecule has 1 aliphatic carbocycles. The topological polar surface area (TPSA) is 79.3 Å². The number of carboxylic acids is 1. The number of carbonyl (C=O) groups is 2. The van der Waals surface area contributed by atoms with Gasteiger partial charge in [0, 0.05) is 17.0 Å². The SMILES string of the molecule is Cc1cnc(CNC(=O)C2CCCC(C(=O)O)C2)s1. The highest BCUT2D eigenvalue weighted by atomic mass is 32.1. The number of nitrogens with one attached hydrogen (secondary N) is 1. The molecule has 1 amide bonds. The van der Waals surface area contributed by atoms with E-state index < -0.39 is 5.97 Å². The number of carbonyl (C=O) groups excluding carboxylic acids is 1. The van der Waals surface area contributed by atoms with Crippen LogP contribution in [0.15, 0.2) is 6.20 Å². The molecule has 2 unspecified atom stereocenters. The van der Waals surface area contributed by atoms with Gasteiger partial charge in [0.25, 0.3) is 0 Å². The summed E-state index contributed by atoms with van der Waals surface area (Å²) in [5.74, 6) is -1.37. The number of hydrogen-bond donors (Lipinski definition) is 2. The first kappa shape index (κ1) is 14.0. The molecule has 0 bridgehead atoms. The summed E-state index contributed by atoms with van der Waals surface area (Å²) >= 11 is 1.56. The summed E-state index contributed by atoms with van der Waals surface area (Å²) in [7, 11) is 0. The van der Waals surface area contributed by atoms with Crippen molar-refractivity contribution in [3.05, 3.63) is 16.1 Å². The predicted octanol–water partition coefficient (Wildman–Crippen LogP) is 1.96. The lowest BCUT2D eigenvalue weighted by atomic mass is 9.81. The molecule has 1 saturated carbocycles. The van der Waals surface area contributed by atoms with Crippen LogP contribution in [-0.4, -0.2) is 22.0 Å². The quantitative estimate of drug-likeness (QED) is 0.884. The lowest BCUT2D eigenvalue weighted by Crippen LogP contribution is -2.35. The lowest BCUT2D eigenvalue weighted by Gasteiger charge is -2.25. The molecule has 0 radical (unpaired) electrons. The van der Waals surface area contributed by atoms with E-state index in [0.717, 1.165) is 22.7 Å². The molecule has 0 saturated heterocycles. The van der Waals surface area contributed by atoms with Gasteiger partial charge in [-0.3, -0.25) is 9.59 Å². The van der Waals surface area contributed by atoms with Gasteiger partial charge in [-0.05, 0) is 26.2 Å². The van der Waals surface area contributed by atoms with Crippen LogP contribution in [0.4, 0.5) is 0 Å². The first-order valence-electron chi connectivity index (χ1n) is 6.48. The van der Waals surface area contributed by atoms with Crippen LogP contribution in [0, 0.1) is 18.8 Å². The summed E-state index contributed by atoms with van der Waals surface area (Å²) < 4.78 is 0. The van der Waals surface area contributed by atoms with E-state index in [2.05, 4.69) is 10.3 Å². The van der Waals surface area contributed by atoms with Crippen molar-refractivity contribution >= 4 is 23.2 Å². The number of carboxylic acid groups (broad SMARTS) is 1. The summed E-state index contributed by atoms with van der Waals surface area (Å²) in [4.78, 5) is 28.3. The molecule has 6 heteroatoms. The Morgan fingerprint density at radius 3 is 2.84 bits per heavy atom. The van der Waals surface area contributed by atoms with Gasteiger partial charge >= 0.3 is 5.97 Å². The Kier molecular flexibility index (Phi) is 4.52. The van der Waals surface area contributed by atoms with Crippen LogP contribution in [0.1, 0.15) is 35.6 Å². The van der Waals surface area contributed by atoms with Crippen molar-refractivity contribution in [2.45, 2.75) is 39.2 Å². The van der Waals surface area contributed by atoms with Crippen molar-refractivity contribution in [1.82, 2.24) is 10.3 Å². The zero-order chi connectivity index (χ0) is 13.8. The van der Waals surface area contributed by atoms with Gasteiger partial charge in [0.15, 0.2) is 0 Å². The zero-order valence-electron chi connectivity index (χ0n) is 10.9. The Bertz CT molecular complexity index is 472. The molecule has 1 heterocycles. The molecule has 5 nitrogen and oxygen atoms in total. The molecule has 1 aliphatic rings. The monoisotopic (exact) mass is 282 g/mol. The van der Waals surface area contributed by atoms with Crippen molar-refractivity contribution in [2.24, 2.45) is 11.8 Å². The molecular weight excluding hydrogens is 264 g/mol. The maximum Gasteiger partial charge on any atom is 0.306 e. The van der Waals surface area contributed by atoms with Gasteiger partial charge in [0.2, 0.25) is 5.91 Å². The Balaban J connectivity index is 1.84. The fourth-order valence-electron chi connectivity index (χ4n) is 2.44. The van der Waals surface area contributed by atoms with Crippen molar-refractivity contribution in [3.8, 4) is 0 Å². The molecule has 0 spiro atoms. The highest BCUT2D eigenvalue weighted by molar-refractivity contribution is 7.11. The van der Waals surface area contributed by atoms with E-state index in [9.17, 15) is 9.59 Å². The van der Waals surface area contributed by atoms with E-state index in [1.54, 1.807) is 17.5 Å². The minimum atomic E-state index is -0.784. The van der Waals surface area contributed by atoms with Gasteiger partial charge < -0.3 is 10.4 Å². The number of aryl methyl sites for hydroxylation is 1. The molecule has 0 aromatic carbocycles. The molecule has 1 fully saturated rings. The minimum Gasteiger partial charge on any atom is -0.481 e. The van der Waals surface area contributed by atoms with Crippen molar-refractivity contribution in [1.29, 1.82) is 0 Å². The number of rotatable bonds is 4. The third kappa shape index (κ3) is 3.76. The first-order chi connectivity index (χ1) is 9.06. The number of thiazole rings is 1. The maximum absolute atomic E-state index is 12.0. The molecule has 1 aromatic heterocycles. The number of amides is 1. The first-order valence-corrected chi connectivity index (χ1v) is 7.29. The highest BCUT2D eigenvalue weighted by Crippen LogP contribution is 2.29. The average Bonchev–Trinajstić information content (AvgIpc) is 2.82. The second-order valence-electron chi connectivity index (χ2n) is 4.98. The van der Waals surface area contributed by atoms with Crippen LogP contribution in [0.25, 0.3) is 0 Å². The molecule has 0 aliphatic heterocycles. The maximum atomic E-state index is 12.0. The van der Waals surface area contributed by atoms with Gasteiger partial charge in [-0.15, -0.1) is 11.3 Å². The molecule has 2 N–H and O–H groups in total. The summed E-state index contributed by atoms with van der Waals surface area (Å²) in [6.07, 6.45) is 4.52. The molecule has 19 heavy (non-hydrogen) atoms. The zero-order valence-corrected chi connectivity index (χ0v) is 11.7. The molecule has 104 valence electrons. The smallest absolute Gasteiger partial charge is 0.306 e. The third-order valence-electron chi connectivity index (χ3n) is 3.48. The van der Waals surface area contributed by atoms with E-state index in [4.69, 9.17) is 5.11 Å². The van der Waals surface area contributed by atoms with Crippen LogP contribution >= 0.6 is 11.3 Å². The standard InChI is InChI=1S/C13H18N2O3S/c1-8-6-14-11(19-8)7-15-12(16)9-3-2-4-10(5-9)13(17)18/h6,9-10H,2-5,7H2,1H3,(H,15,16)(H,17,18). The van der Waals surface area contributed by atoms with E-state index in [-0.39, 0.29) is 17.7 Å². The fraction of sp³-hybridized carbons (Fsp3) is 0.615. The van der Waals surface area contributed by atoms with Gasteiger partial charge in [-0.1, -0.05) is 6.42 Å². The Morgan fingerprint density at radius 2 is 2.21 bits per heavy atom. The van der Waals surface area contributed by atoms with Crippen LogP contribution < -0.4 is 5.32 Å². The van der Waals surface area contributed by atoms with Crippen molar-refractivity contribution in [3.63, 3.8) is 0 Å². The van der Waals surface area contributed by atoms with Crippen molar-refractivity contribution in [2.75, 3.05) is 0 Å². The molecular formula is C13H18N2O3S. The summed E-state index contributed by atoms with van der Waals surface area (Å²) in [5.41, 5.74) is 0. The van der Waals surface area contributed by atoms with Crippen LogP contribution in [0.3, 0.4) is 0 Å². The number of nitrogens with zero attached hydrogens (tertiary/aromatic N) is 1. The second kappa shape index (κ2) is 6.14. The van der Waals surface area contributed by atoms with E-state index in [1.165, 1.54) is 0 Å². The Morgan fingerprint density at radius 1 is 1.47 bits per heavy atom. The number of hydrogen-bond acceptors (Lipinski definition) is 4. The summed E-state index contributed by atoms with van der Waals surface area (Å²) in [6, 6.07) is 0. The van der Waals surface area contributed by atoms with Gasteiger partial charge in [0.1, 0.15) is 5.01 Å². The average molecular weight is 282 g/mol.